The molecule has 0 atom stereocenters. The van der Waals surface area contributed by atoms with E-state index in [1.165, 1.54) is 11.3 Å². The van der Waals surface area contributed by atoms with Crippen LogP contribution in [-0.2, 0) is 5.88 Å². The lowest BCUT2D eigenvalue weighted by atomic mass is 10.2. The fourth-order valence-electron chi connectivity index (χ4n) is 1.18. The molecule has 1 aromatic carbocycles. The Labute approximate surface area is 89.7 Å². The Hall–Kier alpha value is -0.250. The summed E-state index contributed by atoms with van der Waals surface area (Å²) in [5, 5.41) is 0.619. The highest BCUT2D eigenvalue weighted by Gasteiger charge is 2.07. The van der Waals surface area contributed by atoms with Gasteiger partial charge < -0.3 is 0 Å². The van der Waals surface area contributed by atoms with Gasteiger partial charge in [0.15, 0.2) is 0 Å². The first-order valence-corrected chi connectivity index (χ1v) is 5.48. The van der Waals surface area contributed by atoms with Gasteiger partial charge in [-0.2, -0.15) is 0 Å². The average molecular weight is 233 g/mol. The molecule has 0 aliphatic carbocycles. The highest BCUT2D eigenvalue weighted by molar-refractivity contribution is 7.80. The summed E-state index contributed by atoms with van der Waals surface area (Å²) >= 11 is 11.2. The molecule has 2 rings (SSSR count). The first kappa shape index (κ1) is 9.31. The molecule has 0 N–H and O–H groups in total. The van der Waals surface area contributed by atoms with Gasteiger partial charge in [-0.05, 0) is 18.2 Å². The Balaban J connectivity index is 2.76. The molecule has 0 amide bonds. The van der Waals surface area contributed by atoms with Gasteiger partial charge >= 0.3 is 0 Å². The molecule has 0 spiro atoms. The van der Waals surface area contributed by atoms with Crippen molar-refractivity contribution in [3.63, 3.8) is 0 Å². The van der Waals surface area contributed by atoms with Gasteiger partial charge in [0, 0.05) is 19.9 Å². The first-order chi connectivity index (χ1) is 6.22. The molecule has 13 heavy (non-hydrogen) atoms. The van der Waals surface area contributed by atoms with Gasteiger partial charge in [0.05, 0.1) is 5.88 Å². The van der Waals surface area contributed by atoms with Gasteiger partial charge in [-0.25, -0.2) is 4.39 Å². The van der Waals surface area contributed by atoms with E-state index in [4.69, 9.17) is 11.6 Å². The van der Waals surface area contributed by atoms with Crippen molar-refractivity contribution < 1.29 is 4.39 Å². The molecule has 0 aliphatic rings. The molecule has 1 heterocycles. The van der Waals surface area contributed by atoms with Gasteiger partial charge in [0.25, 0.3) is 0 Å². The van der Waals surface area contributed by atoms with Crippen LogP contribution in [0.3, 0.4) is 0 Å². The van der Waals surface area contributed by atoms with Crippen LogP contribution in [0.1, 0.15) is 4.88 Å². The van der Waals surface area contributed by atoms with Crippen molar-refractivity contribution in [2.75, 3.05) is 0 Å². The smallest absolute Gasteiger partial charge is 0.145 e. The summed E-state index contributed by atoms with van der Waals surface area (Å²) in [7, 11) is 0. The van der Waals surface area contributed by atoms with Crippen molar-refractivity contribution in [2.45, 2.75) is 10.8 Å². The molecular formula is C9H6ClFS2. The van der Waals surface area contributed by atoms with E-state index in [0.717, 1.165) is 9.58 Å². The van der Waals surface area contributed by atoms with Gasteiger partial charge in [-0.3, -0.25) is 0 Å². The minimum absolute atomic E-state index is 0.256. The van der Waals surface area contributed by atoms with Crippen LogP contribution in [0.2, 0.25) is 0 Å². The van der Waals surface area contributed by atoms with Crippen molar-refractivity contribution in [3.05, 3.63) is 28.9 Å². The lowest BCUT2D eigenvalue weighted by molar-refractivity contribution is 0.615. The molecule has 0 fully saturated rings. The van der Waals surface area contributed by atoms with E-state index >= 15 is 0 Å². The Morgan fingerprint density at radius 1 is 1.46 bits per heavy atom. The number of benzene rings is 1. The molecule has 0 saturated carbocycles. The number of hydrogen-bond acceptors (Lipinski definition) is 2. The van der Waals surface area contributed by atoms with Gasteiger partial charge in [-0.1, -0.05) is 0 Å². The van der Waals surface area contributed by atoms with E-state index in [1.807, 2.05) is 6.07 Å². The monoisotopic (exact) mass is 232 g/mol. The third-order valence-corrected chi connectivity index (χ3v) is 3.69. The maximum atomic E-state index is 13.4. The fourth-order valence-corrected chi connectivity index (χ4v) is 2.53. The van der Waals surface area contributed by atoms with Crippen molar-refractivity contribution >= 4 is 45.7 Å². The van der Waals surface area contributed by atoms with Crippen LogP contribution in [0.25, 0.3) is 10.1 Å². The summed E-state index contributed by atoms with van der Waals surface area (Å²) in [6.45, 7) is 0. The van der Waals surface area contributed by atoms with Crippen molar-refractivity contribution in [2.24, 2.45) is 0 Å². The molecular weight excluding hydrogens is 227 g/mol. The highest BCUT2D eigenvalue weighted by atomic mass is 35.5. The lowest BCUT2D eigenvalue weighted by Crippen LogP contribution is -1.76. The highest BCUT2D eigenvalue weighted by Crippen LogP contribution is 2.31. The molecule has 0 aliphatic heterocycles. The number of halogens is 2. The zero-order chi connectivity index (χ0) is 9.42. The third kappa shape index (κ3) is 1.56. The quantitative estimate of drug-likeness (QED) is 0.556. The lowest BCUT2D eigenvalue weighted by Gasteiger charge is -1.94. The van der Waals surface area contributed by atoms with E-state index in [9.17, 15) is 4.39 Å². The fraction of sp³-hybridized carbons (Fsp3) is 0.111. The number of hydrogen-bond donors (Lipinski definition) is 1. The van der Waals surface area contributed by atoms with Crippen LogP contribution in [0, 0.1) is 5.82 Å². The van der Waals surface area contributed by atoms with E-state index < -0.39 is 0 Å². The predicted octanol–water partition coefficient (Wildman–Crippen LogP) is 4.07. The number of fused-ring (bicyclic) bond motifs is 1. The molecule has 0 saturated heterocycles. The zero-order valence-corrected chi connectivity index (χ0v) is 9.02. The number of thiophene rings is 1. The largest absolute Gasteiger partial charge is 0.205 e. The third-order valence-electron chi connectivity index (χ3n) is 1.80. The maximum absolute atomic E-state index is 13.4. The molecule has 1 aromatic heterocycles. The Morgan fingerprint density at radius 2 is 2.23 bits per heavy atom. The standard InChI is InChI=1S/C9H6ClFS2/c10-4-5-3-6-8(13-5)2-1-7(12)9(6)11/h1-3,12H,4H2. The second kappa shape index (κ2) is 3.48. The average Bonchev–Trinajstić information content (AvgIpc) is 2.55. The first-order valence-electron chi connectivity index (χ1n) is 3.68. The van der Waals surface area contributed by atoms with Gasteiger partial charge in [-0.15, -0.1) is 35.6 Å². The molecule has 0 nitrogen and oxygen atoms in total. The summed E-state index contributed by atoms with van der Waals surface area (Å²) in [5.41, 5.74) is 0. The molecule has 0 radical (unpaired) electrons. The molecule has 2 aromatic rings. The van der Waals surface area contributed by atoms with Crippen LogP contribution in [0.5, 0.6) is 0 Å². The summed E-state index contributed by atoms with van der Waals surface area (Å²) < 4.78 is 14.4. The van der Waals surface area contributed by atoms with Crippen molar-refractivity contribution in [1.82, 2.24) is 0 Å². The van der Waals surface area contributed by atoms with Crippen LogP contribution in [0.4, 0.5) is 4.39 Å². The van der Waals surface area contributed by atoms with Gasteiger partial charge in [0.1, 0.15) is 5.82 Å². The number of alkyl halides is 1. The van der Waals surface area contributed by atoms with E-state index in [0.29, 0.717) is 16.2 Å². The molecule has 0 bridgehead atoms. The Kier molecular flexibility index (Phi) is 2.49. The van der Waals surface area contributed by atoms with Crippen molar-refractivity contribution in [1.29, 1.82) is 0 Å². The van der Waals surface area contributed by atoms with Crippen LogP contribution in [0.15, 0.2) is 23.1 Å². The van der Waals surface area contributed by atoms with E-state index in [2.05, 4.69) is 12.6 Å². The molecule has 4 heteroatoms. The Morgan fingerprint density at radius 3 is 2.92 bits per heavy atom. The normalized spacial score (nSPS) is 11.0. The predicted molar refractivity (Wildman–Crippen MR) is 58.6 cm³/mol. The maximum Gasteiger partial charge on any atom is 0.145 e. The molecule has 0 unspecified atom stereocenters. The number of thiol groups is 1. The van der Waals surface area contributed by atoms with Crippen LogP contribution >= 0.6 is 35.6 Å². The second-order valence-corrected chi connectivity index (χ2v) is 4.57. The summed E-state index contributed by atoms with van der Waals surface area (Å²) in [6, 6.07) is 5.30. The zero-order valence-electron chi connectivity index (χ0n) is 6.55. The number of rotatable bonds is 1. The van der Waals surface area contributed by atoms with Crippen LogP contribution < -0.4 is 0 Å². The van der Waals surface area contributed by atoms with Crippen molar-refractivity contribution in [3.8, 4) is 0 Å². The summed E-state index contributed by atoms with van der Waals surface area (Å²) in [4.78, 5) is 1.36. The van der Waals surface area contributed by atoms with Crippen LogP contribution in [-0.4, -0.2) is 0 Å². The second-order valence-electron chi connectivity index (χ2n) is 2.66. The van der Waals surface area contributed by atoms with E-state index in [-0.39, 0.29) is 5.82 Å². The summed E-state index contributed by atoms with van der Waals surface area (Å²) in [6.07, 6.45) is 0. The SMILES string of the molecule is Fc1c(S)ccc2sc(CCl)cc12. The topological polar surface area (TPSA) is 0 Å². The minimum atomic E-state index is -0.256. The van der Waals surface area contributed by atoms with Gasteiger partial charge in [0.2, 0.25) is 0 Å². The summed E-state index contributed by atoms with van der Waals surface area (Å²) in [5.74, 6) is 0.175. The Bertz CT molecular complexity index is 450. The molecule has 68 valence electrons. The minimum Gasteiger partial charge on any atom is -0.205 e. The van der Waals surface area contributed by atoms with E-state index in [1.54, 1.807) is 12.1 Å².